The van der Waals surface area contributed by atoms with Crippen LogP contribution < -0.4 is 10.6 Å². The maximum atomic E-state index is 13.7. The Labute approximate surface area is 132 Å². The first-order chi connectivity index (χ1) is 11.0. The smallest absolute Gasteiger partial charge is 0.238 e. The molecule has 23 heavy (non-hydrogen) atoms. The molecule has 0 saturated carbocycles. The van der Waals surface area contributed by atoms with Crippen molar-refractivity contribution in [3.63, 3.8) is 0 Å². The Morgan fingerprint density at radius 1 is 1.26 bits per heavy atom. The van der Waals surface area contributed by atoms with Crippen LogP contribution in [0.3, 0.4) is 0 Å². The fourth-order valence-electron chi connectivity index (χ4n) is 2.09. The maximum Gasteiger partial charge on any atom is 0.238 e. The molecular weight excluding hydrogens is 300 g/mol. The average Bonchev–Trinajstić information content (AvgIpc) is 2.53. The number of carbonyl (C=O) groups is 1. The predicted molar refractivity (Wildman–Crippen MR) is 82.6 cm³/mol. The number of halogens is 2. The van der Waals surface area contributed by atoms with Crippen molar-refractivity contribution in [2.75, 3.05) is 11.9 Å². The van der Waals surface area contributed by atoms with E-state index < -0.39 is 17.7 Å². The predicted octanol–water partition coefficient (Wildman–Crippen LogP) is 3.13. The van der Waals surface area contributed by atoms with Crippen LogP contribution in [0.4, 0.5) is 14.5 Å². The van der Waals surface area contributed by atoms with Gasteiger partial charge in [0.15, 0.2) is 0 Å². The molecule has 0 heterocycles. The van der Waals surface area contributed by atoms with Crippen molar-refractivity contribution in [1.82, 2.24) is 5.32 Å². The molecule has 2 N–H and O–H groups in total. The van der Waals surface area contributed by atoms with Crippen LogP contribution in [-0.2, 0) is 4.79 Å². The van der Waals surface area contributed by atoms with Gasteiger partial charge in [-0.25, -0.2) is 8.78 Å². The molecule has 0 unspecified atom stereocenters. The number of amides is 1. The largest absolute Gasteiger partial charge is 0.324 e. The Balaban J connectivity index is 1.95. The molecule has 0 aliphatic heterocycles. The van der Waals surface area contributed by atoms with E-state index in [1.807, 2.05) is 6.07 Å². The average molecular weight is 315 g/mol. The third kappa shape index (κ3) is 4.34. The molecule has 0 aliphatic rings. The first-order valence-corrected chi connectivity index (χ1v) is 6.98. The summed E-state index contributed by atoms with van der Waals surface area (Å²) in [6, 6.07) is 11.5. The molecule has 118 valence electrons. The number of carbonyl (C=O) groups excluding carboxylic acids is 1. The Bertz CT molecular complexity index is 756. The van der Waals surface area contributed by atoms with Gasteiger partial charge in [0.1, 0.15) is 17.7 Å². The van der Waals surface area contributed by atoms with Gasteiger partial charge in [0.05, 0.1) is 17.8 Å². The summed E-state index contributed by atoms with van der Waals surface area (Å²) in [7, 11) is 0. The van der Waals surface area contributed by atoms with Gasteiger partial charge in [-0.2, -0.15) is 5.26 Å². The van der Waals surface area contributed by atoms with Crippen LogP contribution in [0.5, 0.6) is 0 Å². The van der Waals surface area contributed by atoms with Gasteiger partial charge in [-0.3, -0.25) is 4.79 Å². The number of nitrogens with zero attached hydrogens (tertiary/aromatic N) is 1. The molecule has 0 saturated heterocycles. The molecule has 6 heteroatoms. The number of benzene rings is 2. The summed E-state index contributed by atoms with van der Waals surface area (Å²) < 4.78 is 26.5. The fraction of sp³-hybridized carbons (Fsp3) is 0.176. The van der Waals surface area contributed by atoms with Gasteiger partial charge < -0.3 is 10.6 Å². The molecule has 0 spiro atoms. The lowest BCUT2D eigenvalue weighted by atomic mass is 10.1. The number of anilines is 1. The van der Waals surface area contributed by atoms with Gasteiger partial charge in [-0.1, -0.05) is 18.2 Å². The molecule has 4 nitrogen and oxygen atoms in total. The van der Waals surface area contributed by atoms with E-state index in [1.165, 1.54) is 12.1 Å². The lowest BCUT2D eigenvalue weighted by Gasteiger charge is -2.15. The third-order valence-electron chi connectivity index (χ3n) is 3.32. The molecule has 0 radical (unpaired) electrons. The van der Waals surface area contributed by atoms with Crippen molar-refractivity contribution in [3.05, 3.63) is 65.2 Å². The lowest BCUT2D eigenvalue weighted by Crippen LogP contribution is -2.30. The topological polar surface area (TPSA) is 64.9 Å². The van der Waals surface area contributed by atoms with Crippen molar-refractivity contribution in [1.29, 1.82) is 5.26 Å². The van der Waals surface area contributed by atoms with E-state index in [0.717, 1.165) is 6.07 Å². The minimum absolute atomic E-state index is 0.0717. The summed E-state index contributed by atoms with van der Waals surface area (Å²) >= 11 is 0. The number of nitrogens with one attached hydrogen (secondary N) is 2. The zero-order valence-electron chi connectivity index (χ0n) is 12.4. The summed E-state index contributed by atoms with van der Waals surface area (Å²) in [6.45, 7) is 1.60. The molecule has 0 aliphatic carbocycles. The monoisotopic (exact) mass is 315 g/mol. The van der Waals surface area contributed by atoms with E-state index in [2.05, 4.69) is 10.6 Å². The standard InChI is InChI=1S/C17H15F2N3O/c1-11(14-7-6-13(18)8-15(14)19)21-10-17(23)22-16-5-3-2-4-12(16)9-20/h2-8,11,21H,10H2,1H3,(H,22,23)/t11-/m1/s1. The normalized spacial score (nSPS) is 11.6. The quantitative estimate of drug-likeness (QED) is 0.891. The van der Waals surface area contributed by atoms with Gasteiger partial charge in [-0.05, 0) is 25.1 Å². The summed E-state index contributed by atoms with van der Waals surface area (Å²) in [4.78, 5) is 11.9. The van der Waals surface area contributed by atoms with Gasteiger partial charge in [0.2, 0.25) is 5.91 Å². The fourth-order valence-corrected chi connectivity index (χ4v) is 2.09. The second kappa shape index (κ2) is 7.47. The lowest BCUT2D eigenvalue weighted by molar-refractivity contribution is -0.115. The Kier molecular flexibility index (Phi) is 5.39. The van der Waals surface area contributed by atoms with Crippen LogP contribution in [0.15, 0.2) is 42.5 Å². The highest BCUT2D eigenvalue weighted by Crippen LogP contribution is 2.17. The summed E-state index contributed by atoms with van der Waals surface area (Å²) in [5, 5.41) is 14.4. The molecule has 0 bridgehead atoms. The van der Waals surface area contributed by atoms with Crippen molar-refractivity contribution in [3.8, 4) is 6.07 Å². The van der Waals surface area contributed by atoms with Crippen LogP contribution in [-0.4, -0.2) is 12.5 Å². The van der Waals surface area contributed by atoms with Crippen molar-refractivity contribution in [2.45, 2.75) is 13.0 Å². The van der Waals surface area contributed by atoms with Gasteiger partial charge >= 0.3 is 0 Å². The Morgan fingerprint density at radius 3 is 2.70 bits per heavy atom. The van der Waals surface area contributed by atoms with Crippen molar-refractivity contribution < 1.29 is 13.6 Å². The highest BCUT2D eigenvalue weighted by atomic mass is 19.1. The molecule has 0 aromatic heterocycles. The molecule has 2 aromatic carbocycles. The van der Waals surface area contributed by atoms with Crippen LogP contribution in [0.1, 0.15) is 24.1 Å². The molecule has 1 amide bonds. The zero-order chi connectivity index (χ0) is 16.8. The molecular formula is C17H15F2N3O. The van der Waals surface area contributed by atoms with Crippen LogP contribution in [0.25, 0.3) is 0 Å². The first-order valence-electron chi connectivity index (χ1n) is 6.98. The van der Waals surface area contributed by atoms with Gasteiger partial charge in [-0.15, -0.1) is 0 Å². The highest BCUT2D eigenvalue weighted by Gasteiger charge is 2.13. The number of hydrogen-bond donors (Lipinski definition) is 2. The van der Waals surface area contributed by atoms with Crippen LogP contribution >= 0.6 is 0 Å². The van der Waals surface area contributed by atoms with Crippen molar-refractivity contribution in [2.24, 2.45) is 0 Å². The summed E-state index contributed by atoms with van der Waals surface area (Å²) in [5.74, 6) is -1.67. The summed E-state index contributed by atoms with van der Waals surface area (Å²) in [5.41, 5.74) is 1.05. The van der Waals surface area contributed by atoms with Crippen LogP contribution in [0.2, 0.25) is 0 Å². The van der Waals surface area contributed by atoms with E-state index in [1.54, 1.807) is 31.2 Å². The minimum Gasteiger partial charge on any atom is -0.324 e. The third-order valence-corrected chi connectivity index (χ3v) is 3.32. The zero-order valence-corrected chi connectivity index (χ0v) is 12.4. The van der Waals surface area contributed by atoms with Gasteiger partial charge in [0, 0.05) is 17.7 Å². The summed E-state index contributed by atoms with van der Waals surface area (Å²) in [6.07, 6.45) is 0. The maximum absolute atomic E-state index is 13.7. The number of hydrogen-bond acceptors (Lipinski definition) is 3. The molecule has 1 atom stereocenters. The molecule has 0 fully saturated rings. The van der Waals surface area contributed by atoms with E-state index in [-0.39, 0.29) is 18.0 Å². The van der Waals surface area contributed by atoms with Crippen molar-refractivity contribution >= 4 is 11.6 Å². The second-order valence-corrected chi connectivity index (χ2v) is 4.97. The van der Waals surface area contributed by atoms with Crippen LogP contribution in [0, 0.1) is 23.0 Å². The number of nitriles is 1. The van der Waals surface area contributed by atoms with E-state index in [9.17, 15) is 13.6 Å². The van der Waals surface area contributed by atoms with E-state index in [4.69, 9.17) is 5.26 Å². The number of rotatable bonds is 5. The van der Waals surface area contributed by atoms with E-state index >= 15 is 0 Å². The van der Waals surface area contributed by atoms with Gasteiger partial charge in [0.25, 0.3) is 0 Å². The SMILES string of the molecule is C[C@@H](NCC(=O)Nc1ccccc1C#N)c1ccc(F)cc1F. The Hall–Kier alpha value is -2.78. The Morgan fingerprint density at radius 2 is 2.00 bits per heavy atom. The molecule has 2 aromatic rings. The molecule has 2 rings (SSSR count). The van der Waals surface area contributed by atoms with E-state index in [0.29, 0.717) is 11.3 Å². The second-order valence-electron chi connectivity index (χ2n) is 4.97. The first kappa shape index (κ1) is 16.6. The highest BCUT2D eigenvalue weighted by molar-refractivity contribution is 5.93. The minimum atomic E-state index is -0.666. The number of para-hydroxylation sites is 1.